The quantitative estimate of drug-likeness (QED) is 0.403. The van der Waals surface area contributed by atoms with Crippen LogP contribution in [0.15, 0.2) is 48.5 Å². The number of benzene rings is 2. The predicted octanol–water partition coefficient (Wildman–Crippen LogP) is 1.48. The van der Waals surface area contributed by atoms with E-state index < -0.39 is 16.7 Å². The summed E-state index contributed by atoms with van der Waals surface area (Å²) in [6.45, 7) is 0. The number of nitro groups is 1. The number of nitro benzene ring substituents is 1. The van der Waals surface area contributed by atoms with Crippen molar-refractivity contribution in [1.29, 1.82) is 0 Å². The van der Waals surface area contributed by atoms with Gasteiger partial charge in [0.2, 0.25) is 5.91 Å². The number of nitrogens with zero attached hydrogens (tertiary/aromatic N) is 1. The van der Waals surface area contributed by atoms with Crippen molar-refractivity contribution in [3.63, 3.8) is 0 Å². The fourth-order valence-electron chi connectivity index (χ4n) is 2.14. The van der Waals surface area contributed by atoms with Crippen LogP contribution in [0, 0.1) is 10.1 Å². The van der Waals surface area contributed by atoms with Gasteiger partial charge in [0.25, 0.3) is 11.6 Å². The van der Waals surface area contributed by atoms with Crippen molar-refractivity contribution in [1.82, 2.24) is 16.2 Å². The van der Waals surface area contributed by atoms with Gasteiger partial charge in [-0.25, -0.2) is 0 Å². The highest BCUT2D eigenvalue weighted by Gasteiger charge is 2.19. The fourth-order valence-corrected chi connectivity index (χ4v) is 2.30. The normalized spacial score (nSPS) is 9.81. The van der Waals surface area contributed by atoms with Gasteiger partial charge in [0.1, 0.15) is 11.3 Å². The van der Waals surface area contributed by atoms with Crippen LogP contribution in [0.2, 0.25) is 0 Å². The average Bonchev–Trinajstić information content (AvgIpc) is 2.66. The van der Waals surface area contributed by atoms with Crippen LogP contribution in [0.4, 0.5) is 5.69 Å². The van der Waals surface area contributed by atoms with Crippen LogP contribution >= 0.6 is 12.2 Å². The Labute approximate surface area is 159 Å². The Kier molecular flexibility index (Phi) is 6.78. The fraction of sp³-hybridized carbons (Fsp3) is 0.118. The van der Waals surface area contributed by atoms with Crippen LogP contribution in [0.3, 0.4) is 0 Å². The molecule has 0 fully saturated rings. The molecule has 0 aliphatic heterocycles. The lowest BCUT2D eigenvalue weighted by Gasteiger charge is -2.11. The van der Waals surface area contributed by atoms with Crippen LogP contribution in [-0.2, 0) is 11.2 Å². The van der Waals surface area contributed by atoms with E-state index in [0.29, 0.717) is 5.75 Å². The number of carbonyl (C=O) groups is 2. The minimum absolute atomic E-state index is 0.0733. The van der Waals surface area contributed by atoms with E-state index in [2.05, 4.69) is 16.2 Å². The highest BCUT2D eigenvalue weighted by molar-refractivity contribution is 7.80. The minimum atomic E-state index is -0.756. The molecule has 0 saturated carbocycles. The van der Waals surface area contributed by atoms with E-state index in [1.165, 1.54) is 24.3 Å². The second kappa shape index (κ2) is 9.25. The number of rotatable bonds is 5. The summed E-state index contributed by atoms with van der Waals surface area (Å²) in [5, 5.41) is 13.2. The lowest BCUT2D eigenvalue weighted by Crippen LogP contribution is -2.48. The molecule has 0 aliphatic carbocycles. The van der Waals surface area contributed by atoms with Gasteiger partial charge in [-0.1, -0.05) is 24.3 Å². The molecule has 0 aromatic heterocycles. The van der Waals surface area contributed by atoms with Gasteiger partial charge in [0.15, 0.2) is 5.11 Å². The van der Waals surface area contributed by atoms with Gasteiger partial charge in [0.05, 0.1) is 18.5 Å². The van der Waals surface area contributed by atoms with Gasteiger partial charge in [-0.2, -0.15) is 0 Å². The molecule has 27 heavy (non-hydrogen) atoms. The number of amides is 2. The number of hydrogen-bond acceptors (Lipinski definition) is 6. The number of methoxy groups -OCH3 is 1. The molecule has 3 N–H and O–H groups in total. The zero-order valence-corrected chi connectivity index (χ0v) is 15.0. The molecule has 0 aliphatic rings. The van der Waals surface area contributed by atoms with Crippen molar-refractivity contribution in [2.45, 2.75) is 6.42 Å². The summed E-state index contributed by atoms with van der Waals surface area (Å²) in [6.07, 6.45) is 0.0733. The third-order valence-electron chi connectivity index (χ3n) is 3.41. The molecule has 2 rings (SSSR count). The summed E-state index contributed by atoms with van der Waals surface area (Å²) >= 11 is 4.93. The number of thiocarbonyl (C=S) groups is 1. The molecule has 10 heteroatoms. The smallest absolute Gasteiger partial charge is 0.282 e. The molecule has 0 spiro atoms. The van der Waals surface area contributed by atoms with E-state index >= 15 is 0 Å². The summed E-state index contributed by atoms with van der Waals surface area (Å²) in [5.74, 6) is -0.472. The largest absolute Gasteiger partial charge is 0.497 e. The number of nitrogens with one attached hydrogen (secondary N) is 3. The third kappa shape index (κ3) is 5.75. The molecule has 0 bridgehead atoms. The van der Waals surface area contributed by atoms with E-state index in [1.807, 2.05) is 0 Å². The Morgan fingerprint density at radius 1 is 1.11 bits per heavy atom. The van der Waals surface area contributed by atoms with Crippen molar-refractivity contribution in [3.8, 4) is 5.75 Å². The van der Waals surface area contributed by atoms with Gasteiger partial charge < -0.3 is 10.1 Å². The summed E-state index contributed by atoms with van der Waals surface area (Å²) in [5.41, 5.74) is 4.82. The van der Waals surface area contributed by atoms with E-state index in [4.69, 9.17) is 17.0 Å². The Bertz CT molecular complexity index is 870. The summed E-state index contributed by atoms with van der Waals surface area (Å²) < 4.78 is 5.04. The molecule has 0 saturated heterocycles. The van der Waals surface area contributed by atoms with Gasteiger partial charge >= 0.3 is 0 Å². The van der Waals surface area contributed by atoms with Crippen molar-refractivity contribution in [3.05, 3.63) is 69.8 Å². The first-order valence-electron chi connectivity index (χ1n) is 7.67. The SMILES string of the molecule is COc1ccc(CC(=O)NC(=S)NNC(=O)c2ccccc2[N+](=O)[O-])cc1. The predicted molar refractivity (Wildman–Crippen MR) is 101 cm³/mol. The maximum absolute atomic E-state index is 12.0. The monoisotopic (exact) mass is 388 g/mol. The Hall–Kier alpha value is -3.53. The topological polar surface area (TPSA) is 123 Å². The number of carbonyl (C=O) groups excluding carboxylic acids is 2. The van der Waals surface area contributed by atoms with Crippen LogP contribution in [0.25, 0.3) is 0 Å². The maximum Gasteiger partial charge on any atom is 0.282 e. The molecule has 0 radical (unpaired) electrons. The van der Waals surface area contributed by atoms with Gasteiger partial charge in [-0.15, -0.1) is 0 Å². The third-order valence-corrected chi connectivity index (χ3v) is 3.62. The highest BCUT2D eigenvalue weighted by Crippen LogP contribution is 2.17. The summed E-state index contributed by atoms with van der Waals surface area (Å²) in [7, 11) is 1.55. The van der Waals surface area contributed by atoms with E-state index in [-0.39, 0.29) is 22.8 Å². The summed E-state index contributed by atoms with van der Waals surface area (Å²) in [6, 6.07) is 12.4. The lowest BCUT2D eigenvalue weighted by molar-refractivity contribution is -0.385. The van der Waals surface area contributed by atoms with E-state index in [9.17, 15) is 19.7 Å². The first kappa shape index (κ1) is 19.8. The molecule has 2 amide bonds. The minimum Gasteiger partial charge on any atom is -0.497 e. The second-order valence-electron chi connectivity index (χ2n) is 5.26. The first-order valence-corrected chi connectivity index (χ1v) is 8.08. The Morgan fingerprint density at radius 2 is 1.78 bits per heavy atom. The standard InChI is InChI=1S/C17H16N4O5S/c1-26-12-8-6-11(7-9-12)10-15(22)18-17(27)20-19-16(23)13-4-2-3-5-14(13)21(24)25/h2-9H,10H2,1H3,(H,19,23)(H2,18,20,22,27). The molecular formula is C17H16N4O5S. The molecule has 2 aromatic rings. The van der Waals surface area contributed by atoms with Crippen LogP contribution in [0.1, 0.15) is 15.9 Å². The van der Waals surface area contributed by atoms with Crippen LogP contribution in [0.5, 0.6) is 5.75 Å². The van der Waals surface area contributed by atoms with Crippen molar-refractivity contribution >= 4 is 34.8 Å². The van der Waals surface area contributed by atoms with E-state index in [1.54, 1.807) is 31.4 Å². The molecule has 2 aromatic carbocycles. The maximum atomic E-state index is 12.0. The van der Waals surface area contributed by atoms with E-state index in [0.717, 1.165) is 5.56 Å². The van der Waals surface area contributed by atoms with Gasteiger partial charge in [-0.3, -0.25) is 30.6 Å². The highest BCUT2D eigenvalue weighted by atomic mass is 32.1. The van der Waals surface area contributed by atoms with Crippen LogP contribution in [-0.4, -0.2) is 29.0 Å². The van der Waals surface area contributed by atoms with Gasteiger partial charge in [0, 0.05) is 6.07 Å². The zero-order valence-electron chi connectivity index (χ0n) is 14.2. The lowest BCUT2D eigenvalue weighted by atomic mass is 10.1. The molecule has 0 atom stereocenters. The second-order valence-corrected chi connectivity index (χ2v) is 5.66. The Balaban J connectivity index is 1.85. The first-order chi connectivity index (χ1) is 12.9. The molecule has 9 nitrogen and oxygen atoms in total. The van der Waals surface area contributed by atoms with Gasteiger partial charge in [-0.05, 0) is 36.0 Å². The number of para-hydroxylation sites is 1. The average molecular weight is 388 g/mol. The van der Waals surface area contributed by atoms with Crippen molar-refractivity contribution in [2.75, 3.05) is 7.11 Å². The number of ether oxygens (including phenoxy) is 1. The number of hydrazine groups is 1. The Morgan fingerprint density at radius 3 is 2.41 bits per heavy atom. The molecule has 0 heterocycles. The number of hydrogen-bond donors (Lipinski definition) is 3. The van der Waals surface area contributed by atoms with Crippen molar-refractivity contribution in [2.24, 2.45) is 0 Å². The molecular weight excluding hydrogens is 372 g/mol. The van der Waals surface area contributed by atoms with Crippen LogP contribution < -0.4 is 20.9 Å². The zero-order chi connectivity index (χ0) is 19.8. The molecule has 140 valence electrons. The van der Waals surface area contributed by atoms with Crippen molar-refractivity contribution < 1.29 is 19.2 Å². The summed E-state index contributed by atoms with van der Waals surface area (Å²) in [4.78, 5) is 34.3. The molecule has 0 unspecified atom stereocenters.